The van der Waals surface area contributed by atoms with Gasteiger partial charge in [-0.05, 0) is 34.0 Å². The Morgan fingerprint density at radius 3 is 1.68 bits per heavy atom. The SMILES string of the molecule is O=C(O)C1=C(C(=O)c2ccc(C(=O)O)c3ccccc23)Cc2ccccc2C1. The van der Waals surface area contributed by atoms with Crippen LogP contribution in [0.25, 0.3) is 10.8 Å². The molecule has 0 bridgehead atoms. The summed E-state index contributed by atoms with van der Waals surface area (Å²) >= 11 is 0. The molecule has 4 rings (SSSR count). The van der Waals surface area contributed by atoms with Crippen molar-refractivity contribution in [1.29, 1.82) is 0 Å². The van der Waals surface area contributed by atoms with Gasteiger partial charge in [0.25, 0.3) is 0 Å². The van der Waals surface area contributed by atoms with Crippen LogP contribution in [0, 0.1) is 0 Å². The molecule has 1 aliphatic rings. The monoisotopic (exact) mass is 372 g/mol. The van der Waals surface area contributed by atoms with Crippen LogP contribution in [0.3, 0.4) is 0 Å². The fourth-order valence-corrected chi connectivity index (χ4v) is 3.76. The third-order valence-electron chi connectivity index (χ3n) is 5.15. The first kappa shape index (κ1) is 17.7. The lowest BCUT2D eigenvalue weighted by Crippen LogP contribution is -2.21. The maximum atomic E-state index is 13.4. The molecule has 2 N–H and O–H groups in total. The maximum Gasteiger partial charge on any atom is 0.336 e. The average molecular weight is 372 g/mol. The molecule has 0 heterocycles. The van der Waals surface area contributed by atoms with Gasteiger partial charge in [0.15, 0.2) is 5.78 Å². The van der Waals surface area contributed by atoms with Crippen LogP contribution in [0.5, 0.6) is 0 Å². The van der Waals surface area contributed by atoms with E-state index in [1.54, 1.807) is 24.3 Å². The summed E-state index contributed by atoms with van der Waals surface area (Å²) in [6, 6.07) is 17.1. The van der Waals surface area contributed by atoms with E-state index < -0.39 is 11.9 Å². The standard InChI is InChI=1S/C23H16O5/c24-21(17-9-10-18(22(25)26)16-8-4-3-7-15(16)17)19-11-13-5-1-2-6-14(13)12-20(19)23(27)28/h1-10H,11-12H2,(H,25,26)(H,27,28). The van der Waals surface area contributed by atoms with Crippen molar-refractivity contribution in [2.45, 2.75) is 12.8 Å². The van der Waals surface area contributed by atoms with Crippen LogP contribution in [0.1, 0.15) is 31.8 Å². The van der Waals surface area contributed by atoms with Gasteiger partial charge in [0.05, 0.1) is 5.56 Å². The van der Waals surface area contributed by atoms with Crippen molar-refractivity contribution in [1.82, 2.24) is 0 Å². The first-order chi connectivity index (χ1) is 13.5. The molecule has 0 atom stereocenters. The highest BCUT2D eigenvalue weighted by molar-refractivity contribution is 6.20. The molecule has 0 aliphatic heterocycles. The lowest BCUT2D eigenvalue weighted by molar-refractivity contribution is -0.132. The van der Waals surface area contributed by atoms with Crippen LogP contribution in [0.4, 0.5) is 0 Å². The lowest BCUT2D eigenvalue weighted by atomic mass is 9.82. The zero-order chi connectivity index (χ0) is 19.8. The normalized spacial score (nSPS) is 13.3. The second-order valence-electron chi connectivity index (χ2n) is 6.73. The third kappa shape index (κ3) is 2.87. The van der Waals surface area contributed by atoms with E-state index in [9.17, 15) is 24.6 Å². The minimum atomic E-state index is -1.11. The Labute approximate surface area is 160 Å². The highest BCUT2D eigenvalue weighted by Gasteiger charge is 2.28. The minimum Gasteiger partial charge on any atom is -0.478 e. The first-order valence-electron chi connectivity index (χ1n) is 8.79. The molecule has 5 nitrogen and oxygen atoms in total. The van der Waals surface area contributed by atoms with Crippen LogP contribution in [0.15, 0.2) is 71.8 Å². The molecule has 0 fully saturated rings. The topological polar surface area (TPSA) is 91.7 Å². The summed E-state index contributed by atoms with van der Waals surface area (Å²) in [5, 5.41) is 20.0. The van der Waals surface area contributed by atoms with Gasteiger partial charge in [0.1, 0.15) is 0 Å². The van der Waals surface area contributed by atoms with Gasteiger partial charge in [-0.25, -0.2) is 9.59 Å². The number of fused-ring (bicyclic) bond motifs is 2. The summed E-state index contributed by atoms with van der Waals surface area (Å²) in [7, 11) is 0. The van der Waals surface area contributed by atoms with Crippen molar-refractivity contribution in [2.24, 2.45) is 0 Å². The van der Waals surface area contributed by atoms with Crippen LogP contribution in [-0.2, 0) is 17.6 Å². The number of carbonyl (C=O) groups is 3. The van der Waals surface area contributed by atoms with Crippen molar-refractivity contribution >= 4 is 28.5 Å². The summed E-state index contributed by atoms with van der Waals surface area (Å²) in [5.41, 5.74) is 2.60. The molecule has 0 saturated carbocycles. The number of aromatic carboxylic acids is 1. The van der Waals surface area contributed by atoms with E-state index in [-0.39, 0.29) is 35.3 Å². The Kier molecular flexibility index (Phi) is 4.28. The lowest BCUT2D eigenvalue weighted by Gasteiger charge is -2.21. The Morgan fingerprint density at radius 2 is 1.11 bits per heavy atom. The van der Waals surface area contributed by atoms with E-state index >= 15 is 0 Å². The zero-order valence-corrected chi connectivity index (χ0v) is 14.8. The number of hydrogen-bond acceptors (Lipinski definition) is 3. The molecule has 1 aliphatic carbocycles. The molecule has 0 spiro atoms. The number of Topliss-reactive ketones (excluding diaryl/α,β-unsaturated/α-hetero) is 1. The molecule has 3 aromatic rings. The van der Waals surface area contributed by atoms with Crippen molar-refractivity contribution in [3.8, 4) is 0 Å². The van der Waals surface area contributed by atoms with E-state index in [1.165, 1.54) is 12.1 Å². The smallest absolute Gasteiger partial charge is 0.336 e. The van der Waals surface area contributed by atoms with Gasteiger partial charge in [-0.2, -0.15) is 0 Å². The number of ketones is 1. The Hall–Kier alpha value is -3.73. The molecule has 0 amide bonds. The summed E-state index contributed by atoms with van der Waals surface area (Å²) in [5.74, 6) is -2.56. The van der Waals surface area contributed by atoms with Crippen LogP contribution in [-0.4, -0.2) is 27.9 Å². The van der Waals surface area contributed by atoms with Gasteiger partial charge < -0.3 is 10.2 Å². The number of aliphatic carboxylic acids is 1. The summed E-state index contributed by atoms with van der Waals surface area (Å²) in [4.78, 5) is 36.7. The average Bonchev–Trinajstić information content (AvgIpc) is 2.71. The predicted molar refractivity (Wildman–Crippen MR) is 104 cm³/mol. The number of rotatable bonds is 4. The summed E-state index contributed by atoms with van der Waals surface area (Å²) in [6.07, 6.45) is 0.434. The summed E-state index contributed by atoms with van der Waals surface area (Å²) < 4.78 is 0. The Balaban J connectivity index is 1.88. The highest BCUT2D eigenvalue weighted by Crippen LogP contribution is 2.31. The van der Waals surface area contributed by atoms with Gasteiger partial charge in [-0.1, -0.05) is 48.5 Å². The van der Waals surface area contributed by atoms with Crippen LogP contribution in [0.2, 0.25) is 0 Å². The van der Waals surface area contributed by atoms with E-state index in [2.05, 4.69) is 0 Å². The fraction of sp³-hybridized carbons (Fsp3) is 0.0870. The van der Waals surface area contributed by atoms with E-state index in [0.29, 0.717) is 16.3 Å². The van der Waals surface area contributed by atoms with Crippen molar-refractivity contribution in [2.75, 3.05) is 0 Å². The van der Waals surface area contributed by atoms with Crippen LogP contribution >= 0.6 is 0 Å². The van der Waals surface area contributed by atoms with Crippen LogP contribution < -0.4 is 0 Å². The molecule has 0 unspecified atom stereocenters. The van der Waals surface area contributed by atoms with Gasteiger partial charge in [0.2, 0.25) is 0 Å². The third-order valence-corrected chi connectivity index (χ3v) is 5.15. The molecule has 0 saturated heterocycles. The van der Waals surface area contributed by atoms with Crippen molar-refractivity contribution < 1.29 is 24.6 Å². The number of carbonyl (C=O) groups excluding carboxylic acids is 1. The molecule has 3 aromatic carbocycles. The second-order valence-corrected chi connectivity index (χ2v) is 6.73. The minimum absolute atomic E-state index is 0.0927. The molecule has 138 valence electrons. The van der Waals surface area contributed by atoms with E-state index in [1.807, 2.05) is 24.3 Å². The number of carboxylic acid groups (broad SMARTS) is 2. The van der Waals surface area contributed by atoms with Gasteiger partial charge in [-0.15, -0.1) is 0 Å². The largest absolute Gasteiger partial charge is 0.478 e. The Morgan fingerprint density at radius 1 is 0.607 bits per heavy atom. The van der Waals surface area contributed by atoms with Crippen molar-refractivity contribution in [3.63, 3.8) is 0 Å². The zero-order valence-electron chi connectivity index (χ0n) is 14.8. The summed E-state index contributed by atoms with van der Waals surface area (Å²) in [6.45, 7) is 0. The number of hydrogen-bond donors (Lipinski definition) is 2. The molecule has 0 aromatic heterocycles. The molecule has 28 heavy (non-hydrogen) atoms. The van der Waals surface area contributed by atoms with Gasteiger partial charge in [-0.3, -0.25) is 4.79 Å². The highest BCUT2D eigenvalue weighted by atomic mass is 16.4. The fourth-order valence-electron chi connectivity index (χ4n) is 3.76. The van der Waals surface area contributed by atoms with E-state index in [0.717, 1.165) is 11.1 Å². The van der Waals surface area contributed by atoms with Gasteiger partial charge in [0, 0.05) is 29.6 Å². The Bertz CT molecular complexity index is 1190. The van der Waals surface area contributed by atoms with Gasteiger partial charge >= 0.3 is 11.9 Å². The van der Waals surface area contributed by atoms with E-state index in [4.69, 9.17) is 0 Å². The molecule has 0 radical (unpaired) electrons. The first-order valence-corrected chi connectivity index (χ1v) is 8.79. The maximum absolute atomic E-state index is 13.4. The second kappa shape index (κ2) is 6.78. The predicted octanol–water partition coefficient (Wildman–Crippen LogP) is 3.90. The molecular weight excluding hydrogens is 356 g/mol. The molecular formula is C23H16O5. The van der Waals surface area contributed by atoms with Crippen molar-refractivity contribution in [3.05, 3.63) is 94.1 Å². The quantitative estimate of drug-likeness (QED) is 0.678. The number of benzene rings is 3. The number of allylic oxidation sites excluding steroid dienone is 1. The molecule has 5 heteroatoms. The number of carboxylic acids is 2.